The summed E-state index contributed by atoms with van der Waals surface area (Å²) in [5.74, 6) is 0. The minimum absolute atomic E-state index is 0. The van der Waals surface area contributed by atoms with Crippen LogP contribution < -0.4 is 0 Å². The molecule has 0 fully saturated rings. The van der Waals surface area contributed by atoms with Gasteiger partial charge in [-0.1, -0.05) is 187 Å². The molecule has 0 unspecified atom stereocenters. The van der Waals surface area contributed by atoms with E-state index in [0.717, 1.165) is 0 Å². The Hall–Kier alpha value is -5.46. The van der Waals surface area contributed by atoms with Crippen molar-refractivity contribution >= 4 is 0 Å². The summed E-state index contributed by atoms with van der Waals surface area (Å²) in [4.78, 5) is 0. The maximum absolute atomic E-state index is 2.26. The predicted octanol–water partition coefficient (Wildman–Crippen LogP) is 14.8. The van der Waals surface area contributed by atoms with Gasteiger partial charge in [0.15, 0.2) is 0 Å². The van der Waals surface area contributed by atoms with E-state index in [1.54, 1.807) is 0 Å². The molecular weight excluding hydrogens is 613 g/mol. The van der Waals surface area contributed by atoms with Crippen LogP contribution in [0, 0.1) is 55.4 Å². The van der Waals surface area contributed by atoms with Crippen LogP contribution in [0.3, 0.4) is 0 Å². The highest BCUT2D eigenvalue weighted by Gasteiger charge is 2.02. The zero-order chi connectivity index (χ0) is 35.6. The summed E-state index contributed by atoms with van der Waals surface area (Å²) in [5.41, 5.74) is 20.9. The zero-order valence-electron chi connectivity index (χ0n) is 31.0. The van der Waals surface area contributed by atoms with Crippen molar-refractivity contribution < 1.29 is 0 Å². The molecule has 0 saturated heterocycles. The quantitative estimate of drug-likeness (QED) is 0.175. The molecule has 0 aliphatic carbocycles. The molecule has 0 heterocycles. The third-order valence-electron chi connectivity index (χ3n) is 9.44. The molecule has 0 aliphatic rings. The van der Waals surface area contributed by atoms with Crippen molar-refractivity contribution in [1.29, 1.82) is 0 Å². The van der Waals surface area contributed by atoms with Crippen molar-refractivity contribution in [3.05, 3.63) is 202 Å². The van der Waals surface area contributed by atoms with Crippen LogP contribution in [0.5, 0.6) is 0 Å². The van der Waals surface area contributed by atoms with E-state index in [4.69, 9.17) is 0 Å². The van der Waals surface area contributed by atoms with Crippen LogP contribution in [0.4, 0.5) is 0 Å². The van der Waals surface area contributed by atoms with Gasteiger partial charge in [0.25, 0.3) is 0 Å². The second kappa shape index (κ2) is 18.0. The van der Waals surface area contributed by atoms with Gasteiger partial charge in [-0.15, -0.1) is 0 Å². The van der Waals surface area contributed by atoms with Crippen LogP contribution >= 0.6 is 0 Å². The van der Waals surface area contributed by atoms with Crippen molar-refractivity contribution in [2.45, 2.75) is 62.8 Å². The lowest BCUT2D eigenvalue weighted by Gasteiger charge is -2.08. The fourth-order valence-corrected chi connectivity index (χ4v) is 5.68. The van der Waals surface area contributed by atoms with Crippen molar-refractivity contribution in [2.75, 3.05) is 0 Å². The Morgan fingerprint density at radius 2 is 0.373 bits per heavy atom. The normalized spacial score (nSPS) is 10.2. The van der Waals surface area contributed by atoms with Gasteiger partial charge in [0.2, 0.25) is 0 Å². The fourth-order valence-electron chi connectivity index (χ4n) is 5.68. The van der Waals surface area contributed by atoms with E-state index in [2.05, 4.69) is 213 Å². The van der Waals surface area contributed by atoms with E-state index < -0.39 is 0 Å². The average molecular weight is 667 g/mol. The van der Waals surface area contributed by atoms with Gasteiger partial charge in [-0.3, -0.25) is 0 Å². The highest BCUT2D eigenvalue weighted by atomic mass is 14.1. The summed E-state index contributed by atoms with van der Waals surface area (Å²) in [6.07, 6.45) is 0. The van der Waals surface area contributed by atoms with Crippen LogP contribution in [0.25, 0.3) is 44.5 Å². The molecule has 258 valence electrons. The third-order valence-corrected chi connectivity index (χ3v) is 9.44. The fraction of sp³-hybridized carbons (Fsp3) is 0.176. The predicted molar refractivity (Wildman–Crippen MR) is 226 cm³/mol. The molecular formula is C51H54. The molecule has 0 nitrogen and oxygen atoms in total. The lowest BCUT2D eigenvalue weighted by molar-refractivity contribution is 1.32. The molecule has 7 aromatic rings. The van der Waals surface area contributed by atoms with E-state index in [0.29, 0.717) is 0 Å². The molecule has 0 atom stereocenters. The minimum atomic E-state index is 0. The average Bonchev–Trinajstić information content (AvgIpc) is 3.13. The van der Waals surface area contributed by atoms with E-state index >= 15 is 0 Å². The Kier molecular flexibility index (Phi) is 13.5. The van der Waals surface area contributed by atoms with Crippen molar-refractivity contribution in [3.63, 3.8) is 0 Å². The summed E-state index contributed by atoms with van der Waals surface area (Å²) >= 11 is 0. The van der Waals surface area contributed by atoms with E-state index in [1.165, 1.54) is 89.0 Å². The molecule has 0 aliphatic heterocycles. The Morgan fingerprint density at radius 1 is 0.196 bits per heavy atom. The lowest BCUT2D eigenvalue weighted by Crippen LogP contribution is -1.86. The molecule has 0 N–H and O–H groups in total. The molecule has 0 radical (unpaired) electrons. The largest absolute Gasteiger partial charge is 0.0776 e. The summed E-state index contributed by atoms with van der Waals surface area (Å²) in [5, 5.41) is 0. The van der Waals surface area contributed by atoms with Crippen LogP contribution in [0.1, 0.15) is 51.9 Å². The highest BCUT2D eigenvalue weighted by Crippen LogP contribution is 2.26. The van der Waals surface area contributed by atoms with Crippen LogP contribution in [0.2, 0.25) is 0 Å². The van der Waals surface area contributed by atoms with Gasteiger partial charge in [0.05, 0.1) is 0 Å². The van der Waals surface area contributed by atoms with Crippen molar-refractivity contribution in [1.82, 2.24) is 0 Å². The van der Waals surface area contributed by atoms with Crippen LogP contribution in [-0.4, -0.2) is 0 Å². The van der Waals surface area contributed by atoms with Gasteiger partial charge in [-0.05, 0) is 122 Å². The second-order valence-electron chi connectivity index (χ2n) is 13.6. The smallest absolute Gasteiger partial charge is 0.0181 e. The molecule has 0 heteroatoms. The molecule has 51 heavy (non-hydrogen) atoms. The zero-order valence-corrected chi connectivity index (χ0v) is 31.0. The molecule has 7 rings (SSSR count). The SMILES string of the molecule is C.Cc1ccc(-c2ccc(-c3ccc(C)cc3)cc2)cc1.Cc1ccc(-c2ccc(C)c(C)c2)cc1C.Cc1ccc(-c2ccc(C)cc2)cc1. The van der Waals surface area contributed by atoms with E-state index in [9.17, 15) is 0 Å². The van der Waals surface area contributed by atoms with Crippen LogP contribution in [0.15, 0.2) is 158 Å². The Labute approximate surface area is 308 Å². The monoisotopic (exact) mass is 666 g/mol. The third kappa shape index (κ3) is 10.8. The van der Waals surface area contributed by atoms with Crippen LogP contribution in [-0.2, 0) is 0 Å². The van der Waals surface area contributed by atoms with Gasteiger partial charge in [-0.25, -0.2) is 0 Å². The van der Waals surface area contributed by atoms with Gasteiger partial charge in [-0.2, -0.15) is 0 Å². The molecule has 0 bridgehead atoms. The topological polar surface area (TPSA) is 0 Å². The number of aryl methyl sites for hydroxylation is 8. The first-order valence-electron chi connectivity index (χ1n) is 17.6. The Bertz CT molecular complexity index is 1950. The Balaban J connectivity index is 0.000000173. The molecule has 7 aromatic carbocycles. The van der Waals surface area contributed by atoms with Gasteiger partial charge in [0.1, 0.15) is 0 Å². The van der Waals surface area contributed by atoms with Gasteiger partial charge < -0.3 is 0 Å². The maximum Gasteiger partial charge on any atom is -0.0181 e. The standard InChI is InChI=1S/C20H18.C16H18.C14H14.CH4/c1-15-3-7-17(8-4-15)19-11-13-20(14-12-19)18-9-5-16(2)6-10-18;1-11-5-7-15(9-13(11)3)16-8-6-12(2)14(4)10-16;1-11-3-7-13(8-4-11)14-9-5-12(2)6-10-14;/h3-14H,1-2H3;5-10H,1-4H3;3-10H,1-2H3;1H4. The number of hydrogen-bond acceptors (Lipinski definition) is 0. The second-order valence-corrected chi connectivity index (χ2v) is 13.6. The number of benzene rings is 7. The number of rotatable bonds is 4. The maximum atomic E-state index is 2.26. The summed E-state index contributed by atoms with van der Waals surface area (Å²) in [6, 6.07) is 56.7. The van der Waals surface area contributed by atoms with Gasteiger partial charge >= 0.3 is 0 Å². The van der Waals surface area contributed by atoms with Crippen molar-refractivity contribution in [2.24, 2.45) is 0 Å². The number of hydrogen-bond donors (Lipinski definition) is 0. The molecule has 0 spiro atoms. The molecule has 0 amide bonds. The minimum Gasteiger partial charge on any atom is -0.0776 e. The first kappa shape index (κ1) is 38.3. The van der Waals surface area contributed by atoms with Crippen molar-refractivity contribution in [3.8, 4) is 44.5 Å². The highest BCUT2D eigenvalue weighted by molar-refractivity contribution is 5.71. The summed E-state index contributed by atoms with van der Waals surface area (Å²) < 4.78 is 0. The van der Waals surface area contributed by atoms with Gasteiger partial charge in [0, 0.05) is 0 Å². The summed E-state index contributed by atoms with van der Waals surface area (Å²) in [7, 11) is 0. The van der Waals surface area contributed by atoms with E-state index in [-0.39, 0.29) is 7.43 Å². The summed E-state index contributed by atoms with van der Waals surface area (Å²) in [6.45, 7) is 17.1. The molecule has 0 saturated carbocycles. The lowest BCUT2D eigenvalue weighted by atomic mass is 9.98. The molecule has 0 aromatic heterocycles. The van der Waals surface area contributed by atoms with E-state index in [1.807, 2.05) is 0 Å². The first-order chi connectivity index (χ1) is 24.0. The Morgan fingerprint density at radius 3 is 0.569 bits per heavy atom. The first-order valence-corrected chi connectivity index (χ1v) is 17.6.